The zero-order valence-corrected chi connectivity index (χ0v) is 13.7. The van der Waals surface area contributed by atoms with Crippen LogP contribution in [0.3, 0.4) is 0 Å². The molecule has 0 amide bonds. The molecule has 2 rings (SSSR count). The Morgan fingerprint density at radius 1 is 1.18 bits per heavy atom. The van der Waals surface area contributed by atoms with Crippen molar-refractivity contribution in [2.75, 3.05) is 37.9 Å². The number of aromatic nitrogens is 2. The molecule has 0 atom stereocenters. The number of nitrogens with one attached hydrogen (secondary N) is 1. The summed E-state index contributed by atoms with van der Waals surface area (Å²) in [4.78, 5) is 9.25. The Labute approximate surface area is 132 Å². The van der Waals surface area contributed by atoms with E-state index in [2.05, 4.69) is 22.2 Å². The third-order valence-corrected chi connectivity index (χ3v) is 3.94. The molecule has 0 radical (unpaired) electrons. The predicted molar refractivity (Wildman–Crippen MR) is 88.4 cm³/mol. The Morgan fingerprint density at radius 2 is 1.95 bits per heavy atom. The van der Waals surface area contributed by atoms with Crippen molar-refractivity contribution >= 4 is 11.5 Å². The normalized spacial score (nSPS) is 15.7. The Balaban J connectivity index is 2.21. The highest BCUT2D eigenvalue weighted by Gasteiger charge is 2.22. The van der Waals surface area contributed by atoms with Gasteiger partial charge in [-0.05, 0) is 19.3 Å². The second kappa shape index (κ2) is 8.78. The maximum Gasteiger partial charge on any atom is 0.242 e. The molecule has 124 valence electrons. The maximum atomic E-state index is 6.15. The van der Waals surface area contributed by atoms with E-state index in [1.807, 2.05) is 0 Å². The van der Waals surface area contributed by atoms with E-state index in [0.717, 1.165) is 25.1 Å². The van der Waals surface area contributed by atoms with E-state index in [4.69, 9.17) is 15.2 Å². The first-order chi connectivity index (χ1) is 10.8. The fraction of sp³-hybridized carbons (Fsp3) is 0.750. The van der Waals surface area contributed by atoms with E-state index >= 15 is 0 Å². The molecule has 6 nitrogen and oxygen atoms in total. The molecule has 0 aliphatic heterocycles. The molecule has 1 aliphatic rings. The van der Waals surface area contributed by atoms with Crippen molar-refractivity contribution in [3.05, 3.63) is 5.82 Å². The lowest BCUT2D eigenvalue weighted by molar-refractivity contribution is 0.210. The van der Waals surface area contributed by atoms with Gasteiger partial charge in [0.15, 0.2) is 5.82 Å². The Morgan fingerprint density at radius 3 is 2.64 bits per heavy atom. The summed E-state index contributed by atoms with van der Waals surface area (Å²) >= 11 is 0. The molecule has 1 saturated carbocycles. The van der Waals surface area contributed by atoms with Gasteiger partial charge in [-0.15, -0.1) is 0 Å². The summed E-state index contributed by atoms with van der Waals surface area (Å²) in [5.74, 6) is 2.46. The minimum Gasteiger partial charge on any atom is -0.476 e. The number of nitrogen functional groups attached to an aromatic ring is 1. The number of hydrogen-bond donors (Lipinski definition) is 2. The summed E-state index contributed by atoms with van der Waals surface area (Å²) in [7, 11) is 1.67. The van der Waals surface area contributed by atoms with Crippen LogP contribution in [-0.2, 0) is 4.74 Å². The Kier molecular flexibility index (Phi) is 6.71. The SMILES string of the molecule is CCCOc1nc(C2CCCCC2)nc(NCCOC)c1N. The van der Waals surface area contributed by atoms with Gasteiger partial charge in [0.05, 0.1) is 13.2 Å². The Bertz CT molecular complexity index is 462. The first-order valence-electron chi connectivity index (χ1n) is 8.29. The van der Waals surface area contributed by atoms with Crippen LogP contribution in [0, 0.1) is 0 Å². The second-order valence-corrected chi connectivity index (χ2v) is 5.75. The highest BCUT2D eigenvalue weighted by molar-refractivity contribution is 5.67. The molecule has 1 aromatic rings. The van der Waals surface area contributed by atoms with Gasteiger partial charge < -0.3 is 20.5 Å². The molecular weight excluding hydrogens is 280 g/mol. The van der Waals surface area contributed by atoms with Crippen LogP contribution >= 0.6 is 0 Å². The van der Waals surface area contributed by atoms with Crippen molar-refractivity contribution in [3.8, 4) is 5.88 Å². The molecular formula is C16H28N4O2. The zero-order chi connectivity index (χ0) is 15.8. The van der Waals surface area contributed by atoms with Crippen LogP contribution in [0.15, 0.2) is 0 Å². The number of rotatable bonds is 8. The summed E-state index contributed by atoms with van der Waals surface area (Å²) in [6.45, 7) is 3.95. The largest absolute Gasteiger partial charge is 0.476 e. The lowest BCUT2D eigenvalue weighted by Crippen LogP contribution is -2.16. The van der Waals surface area contributed by atoms with Gasteiger partial charge in [-0.1, -0.05) is 26.2 Å². The third kappa shape index (κ3) is 4.47. The predicted octanol–water partition coefficient (Wildman–Crippen LogP) is 2.95. The van der Waals surface area contributed by atoms with Crippen LogP contribution in [0.4, 0.5) is 11.5 Å². The van der Waals surface area contributed by atoms with E-state index in [0.29, 0.717) is 43.1 Å². The highest BCUT2D eigenvalue weighted by Crippen LogP contribution is 2.34. The lowest BCUT2D eigenvalue weighted by Gasteiger charge is -2.22. The number of hydrogen-bond acceptors (Lipinski definition) is 6. The van der Waals surface area contributed by atoms with Gasteiger partial charge in [0.25, 0.3) is 0 Å². The van der Waals surface area contributed by atoms with Crippen LogP contribution in [0.5, 0.6) is 5.88 Å². The molecule has 0 spiro atoms. The van der Waals surface area contributed by atoms with Crippen molar-refractivity contribution in [2.45, 2.75) is 51.4 Å². The minimum absolute atomic E-state index is 0.418. The highest BCUT2D eigenvalue weighted by atomic mass is 16.5. The lowest BCUT2D eigenvalue weighted by atomic mass is 9.88. The van der Waals surface area contributed by atoms with Gasteiger partial charge in [0.2, 0.25) is 5.88 Å². The van der Waals surface area contributed by atoms with Crippen molar-refractivity contribution in [1.29, 1.82) is 0 Å². The molecule has 0 saturated heterocycles. The number of anilines is 2. The van der Waals surface area contributed by atoms with Crippen molar-refractivity contribution in [2.24, 2.45) is 0 Å². The third-order valence-electron chi connectivity index (χ3n) is 3.94. The monoisotopic (exact) mass is 308 g/mol. The molecule has 0 unspecified atom stereocenters. The molecule has 6 heteroatoms. The average molecular weight is 308 g/mol. The molecule has 3 N–H and O–H groups in total. The number of nitrogens with two attached hydrogens (primary N) is 1. The summed E-state index contributed by atoms with van der Waals surface area (Å²) in [5, 5.41) is 3.23. The van der Waals surface area contributed by atoms with Gasteiger partial charge in [-0.25, -0.2) is 4.98 Å². The Hall–Kier alpha value is -1.56. The fourth-order valence-electron chi connectivity index (χ4n) is 2.72. The quantitative estimate of drug-likeness (QED) is 0.719. The minimum atomic E-state index is 0.418. The standard InChI is InChI=1S/C16H28N4O2/c1-3-10-22-16-13(17)15(18-9-11-21-2)19-14(20-16)12-7-5-4-6-8-12/h12H,3-11,17H2,1-2H3,(H,18,19,20). The van der Waals surface area contributed by atoms with Crippen molar-refractivity contribution in [1.82, 2.24) is 9.97 Å². The summed E-state index contributed by atoms with van der Waals surface area (Å²) < 4.78 is 10.8. The van der Waals surface area contributed by atoms with E-state index in [9.17, 15) is 0 Å². The molecule has 0 bridgehead atoms. The summed E-state index contributed by atoms with van der Waals surface area (Å²) in [5.41, 5.74) is 6.64. The van der Waals surface area contributed by atoms with Crippen LogP contribution in [0.2, 0.25) is 0 Å². The van der Waals surface area contributed by atoms with E-state index in [-0.39, 0.29) is 0 Å². The van der Waals surface area contributed by atoms with Crippen molar-refractivity contribution in [3.63, 3.8) is 0 Å². The fourth-order valence-corrected chi connectivity index (χ4v) is 2.72. The zero-order valence-electron chi connectivity index (χ0n) is 13.7. The van der Waals surface area contributed by atoms with E-state index in [1.165, 1.54) is 19.3 Å². The summed E-state index contributed by atoms with van der Waals surface area (Å²) in [6, 6.07) is 0. The first kappa shape index (κ1) is 16.8. The van der Waals surface area contributed by atoms with Crippen LogP contribution in [0.25, 0.3) is 0 Å². The van der Waals surface area contributed by atoms with Crippen molar-refractivity contribution < 1.29 is 9.47 Å². The number of methoxy groups -OCH3 is 1. The van der Waals surface area contributed by atoms with E-state index < -0.39 is 0 Å². The van der Waals surface area contributed by atoms with Gasteiger partial charge in [-0.2, -0.15) is 4.98 Å². The number of nitrogens with zero attached hydrogens (tertiary/aromatic N) is 2. The van der Waals surface area contributed by atoms with Gasteiger partial charge in [0.1, 0.15) is 11.5 Å². The number of ether oxygens (including phenoxy) is 2. The summed E-state index contributed by atoms with van der Waals surface area (Å²) in [6.07, 6.45) is 7.02. The molecule has 0 aromatic carbocycles. The van der Waals surface area contributed by atoms with Crippen LogP contribution in [-0.4, -0.2) is 36.8 Å². The first-order valence-corrected chi connectivity index (χ1v) is 8.29. The van der Waals surface area contributed by atoms with Gasteiger partial charge >= 0.3 is 0 Å². The molecule has 22 heavy (non-hydrogen) atoms. The van der Waals surface area contributed by atoms with E-state index in [1.54, 1.807) is 7.11 Å². The van der Waals surface area contributed by atoms with Crippen LogP contribution < -0.4 is 15.8 Å². The second-order valence-electron chi connectivity index (χ2n) is 5.75. The molecule has 1 heterocycles. The average Bonchev–Trinajstić information content (AvgIpc) is 2.56. The molecule has 1 fully saturated rings. The topological polar surface area (TPSA) is 82.3 Å². The molecule has 1 aliphatic carbocycles. The van der Waals surface area contributed by atoms with Gasteiger partial charge in [0, 0.05) is 19.6 Å². The smallest absolute Gasteiger partial charge is 0.242 e. The maximum absolute atomic E-state index is 6.15. The molecule has 1 aromatic heterocycles. The van der Waals surface area contributed by atoms with Crippen LogP contribution in [0.1, 0.15) is 57.2 Å². The van der Waals surface area contributed by atoms with Gasteiger partial charge in [-0.3, -0.25) is 0 Å².